The van der Waals surface area contributed by atoms with Crippen molar-refractivity contribution in [2.24, 2.45) is 10.9 Å². The molecule has 0 radical (unpaired) electrons. The van der Waals surface area contributed by atoms with Crippen LogP contribution in [0.2, 0.25) is 0 Å². The molecule has 0 aliphatic carbocycles. The van der Waals surface area contributed by atoms with Gasteiger partial charge >= 0.3 is 6.09 Å². The Labute approximate surface area is 187 Å². The molecule has 172 valence electrons. The van der Waals surface area contributed by atoms with Crippen molar-refractivity contribution in [3.05, 3.63) is 35.4 Å². The number of carbonyl (C=O) groups is 1. The molecule has 3 rings (SSSR count). The van der Waals surface area contributed by atoms with E-state index >= 15 is 0 Å². The first-order valence-corrected chi connectivity index (χ1v) is 11.7. The SMILES string of the molecule is CCNC(=NCC1CCN(Cc2ccc(C)cc2)CC1)NC1CCN(C(=O)OC)CC1. The van der Waals surface area contributed by atoms with E-state index in [0.717, 1.165) is 64.6 Å². The first-order chi connectivity index (χ1) is 15.1. The molecule has 2 saturated heterocycles. The van der Waals surface area contributed by atoms with E-state index in [0.29, 0.717) is 12.0 Å². The number of aliphatic imine (C=N–C) groups is 1. The van der Waals surface area contributed by atoms with Gasteiger partial charge in [-0.1, -0.05) is 29.8 Å². The number of nitrogens with one attached hydrogen (secondary N) is 2. The molecule has 2 fully saturated rings. The molecular weight excluding hydrogens is 390 g/mol. The first kappa shape index (κ1) is 23.4. The van der Waals surface area contributed by atoms with Gasteiger partial charge in [-0.15, -0.1) is 0 Å². The third-order valence-electron chi connectivity index (χ3n) is 6.35. The number of amides is 1. The van der Waals surface area contributed by atoms with Gasteiger partial charge in [0.25, 0.3) is 0 Å². The lowest BCUT2D eigenvalue weighted by atomic mass is 9.96. The van der Waals surface area contributed by atoms with Crippen molar-refractivity contribution in [2.45, 2.75) is 52.1 Å². The first-order valence-electron chi connectivity index (χ1n) is 11.7. The number of nitrogens with zero attached hydrogens (tertiary/aromatic N) is 3. The summed E-state index contributed by atoms with van der Waals surface area (Å²) in [6.07, 6.45) is 4.00. The van der Waals surface area contributed by atoms with Crippen molar-refractivity contribution in [1.29, 1.82) is 0 Å². The Bertz CT molecular complexity index is 705. The van der Waals surface area contributed by atoms with Gasteiger partial charge in [0.05, 0.1) is 7.11 Å². The van der Waals surface area contributed by atoms with Crippen molar-refractivity contribution < 1.29 is 9.53 Å². The van der Waals surface area contributed by atoms with E-state index in [1.54, 1.807) is 4.90 Å². The van der Waals surface area contributed by atoms with Gasteiger partial charge in [-0.3, -0.25) is 9.89 Å². The third kappa shape index (κ3) is 7.42. The lowest BCUT2D eigenvalue weighted by Crippen LogP contribution is -2.50. The van der Waals surface area contributed by atoms with Crippen LogP contribution in [0.3, 0.4) is 0 Å². The molecule has 1 aromatic rings. The number of methoxy groups -OCH3 is 1. The van der Waals surface area contributed by atoms with Crippen molar-refractivity contribution in [3.63, 3.8) is 0 Å². The van der Waals surface area contributed by atoms with Crippen LogP contribution in [0.15, 0.2) is 29.3 Å². The van der Waals surface area contributed by atoms with E-state index in [9.17, 15) is 4.79 Å². The highest BCUT2D eigenvalue weighted by Crippen LogP contribution is 2.20. The summed E-state index contributed by atoms with van der Waals surface area (Å²) in [7, 11) is 1.44. The number of benzene rings is 1. The Morgan fingerprint density at radius 2 is 1.77 bits per heavy atom. The highest BCUT2D eigenvalue weighted by molar-refractivity contribution is 5.80. The summed E-state index contributed by atoms with van der Waals surface area (Å²) in [5.41, 5.74) is 2.72. The standard InChI is InChI=1S/C24H39N5O2/c1-4-25-23(27-22-11-15-29(16-12-22)24(30)31-3)26-17-20-9-13-28(14-10-20)18-21-7-5-19(2)6-8-21/h5-8,20,22H,4,9-18H2,1-3H3,(H2,25,26,27). The summed E-state index contributed by atoms with van der Waals surface area (Å²) in [5.74, 6) is 1.55. The largest absolute Gasteiger partial charge is 0.453 e. The van der Waals surface area contributed by atoms with Gasteiger partial charge in [-0.25, -0.2) is 4.79 Å². The summed E-state index contributed by atoms with van der Waals surface area (Å²) in [6, 6.07) is 9.23. The van der Waals surface area contributed by atoms with Crippen LogP contribution >= 0.6 is 0 Å². The number of guanidine groups is 1. The van der Waals surface area contributed by atoms with Crippen LogP contribution in [-0.4, -0.2) is 74.3 Å². The topological polar surface area (TPSA) is 69.2 Å². The Hall–Kier alpha value is -2.28. The minimum atomic E-state index is -0.229. The average molecular weight is 430 g/mol. The van der Waals surface area contributed by atoms with Crippen molar-refractivity contribution in [1.82, 2.24) is 20.4 Å². The summed E-state index contributed by atoms with van der Waals surface area (Å²) < 4.78 is 4.82. The highest BCUT2D eigenvalue weighted by Gasteiger charge is 2.24. The van der Waals surface area contributed by atoms with E-state index in [2.05, 4.69) is 53.6 Å². The van der Waals surface area contributed by atoms with Gasteiger partial charge in [-0.05, 0) is 64.1 Å². The molecule has 0 atom stereocenters. The smallest absolute Gasteiger partial charge is 0.409 e. The molecule has 0 spiro atoms. The number of ether oxygens (including phenoxy) is 1. The molecule has 31 heavy (non-hydrogen) atoms. The van der Waals surface area contributed by atoms with Gasteiger partial charge in [0.2, 0.25) is 0 Å². The zero-order valence-electron chi connectivity index (χ0n) is 19.4. The van der Waals surface area contributed by atoms with Crippen LogP contribution in [0, 0.1) is 12.8 Å². The van der Waals surface area contributed by atoms with Crippen LogP contribution in [0.25, 0.3) is 0 Å². The molecule has 7 nitrogen and oxygen atoms in total. The van der Waals surface area contributed by atoms with Crippen molar-refractivity contribution in [2.75, 3.05) is 46.4 Å². The summed E-state index contributed by atoms with van der Waals surface area (Å²) in [5, 5.41) is 6.95. The van der Waals surface area contributed by atoms with E-state index in [-0.39, 0.29) is 6.09 Å². The third-order valence-corrected chi connectivity index (χ3v) is 6.35. The Morgan fingerprint density at radius 3 is 2.39 bits per heavy atom. The fourth-order valence-electron chi connectivity index (χ4n) is 4.35. The van der Waals surface area contributed by atoms with Gasteiger partial charge < -0.3 is 20.3 Å². The maximum Gasteiger partial charge on any atom is 0.409 e. The number of aryl methyl sites for hydroxylation is 1. The highest BCUT2D eigenvalue weighted by atomic mass is 16.5. The van der Waals surface area contributed by atoms with E-state index in [1.807, 2.05) is 0 Å². The Morgan fingerprint density at radius 1 is 1.10 bits per heavy atom. The molecule has 0 aromatic heterocycles. The van der Waals surface area contributed by atoms with Crippen LogP contribution in [-0.2, 0) is 11.3 Å². The Kier molecular flexibility index (Phi) is 9.00. The van der Waals surface area contributed by atoms with Gasteiger partial charge in [0.15, 0.2) is 5.96 Å². The van der Waals surface area contributed by atoms with Crippen LogP contribution in [0.4, 0.5) is 4.79 Å². The second-order valence-electron chi connectivity index (χ2n) is 8.80. The van der Waals surface area contributed by atoms with E-state index < -0.39 is 0 Å². The zero-order chi connectivity index (χ0) is 22.1. The summed E-state index contributed by atoms with van der Waals surface area (Å²) >= 11 is 0. The predicted octanol–water partition coefficient (Wildman–Crippen LogP) is 2.99. The average Bonchev–Trinajstić information content (AvgIpc) is 2.80. The maximum absolute atomic E-state index is 11.7. The minimum absolute atomic E-state index is 0.229. The number of piperidine rings is 2. The summed E-state index contributed by atoms with van der Waals surface area (Å²) in [4.78, 5) is 20.9. The normalized spacial score (nSPS) is 19.3. The molecular formula is C24H39N5O2. The lowest BCUT2D eigenvalue weighted by Gasteiger charge is -2.33. The quantitative estimate of drug-likeness (QED) is 0.537. The number of carbonyl (C=O) groups excluding carboxylic acids is 1. The molecule has 1 aromatic carbocycles. The van der Waals surface area contributed by atoms with Crippen LogP contribution < -0.4 is 10.6 Å². The molecule has 2 aliphatic heterocycles. The second kappa shape index (κ2) is 11.9. The molecule has 0 unspecified atom stereocenters. The second-order valence-corrected chi connectivity index (χ2v) is 8.80. The lowest BCUT2D eigenvalue weighted by molar-refractivity contribution is 0.111. The number of hydrogen-bond donors (Lipinski definition) is 2. The molecule has 0 bridgehead atoms. The fourth-order valence-corrected chi connectivity index (χ4v) is 4.35. The molecule has 1 amide bonds. The number of likely N-dealkylation sites (tertiary alicyclic amines) is 2. The minimum Gasteiger partial charge on any atom is -0.453 e. The number of hydrogen-bond acceptors (Lipinski definition) is 4. The zero-order valence-corrected chi connectivity index (χ0v) is 19.4. The molecule has 2 aliphatic rings. The van der Waals surface area contributed by atoms with Crippen molar-refractivity contribution in [3.8, 4) is 0 Å². The Balaban J connectivity index is 1.41. The van der Waals surface area contributed by atoms with Crippen LogP contribution in [0.1, 0.15) is 43.7 Å². The van der Waals surface area contributed by atoms with Crippen molar-refractivity contribution >= 4 is 12.1 Å². The fraction of sp³-hybridized carbons (Fsp3) is 0.667. The molecule has 0 saturated carbocycles. The van der Waals surface area contributed by atoms with Gasteiger partial charge in [0, 0.05) is 38.8 Å². The van der Waals surface area contributed by atoms with Gasteiger partial charge in [0.1, 0.15) is 0 Å². The van der Waals surface area contributed by atoms with Crippen LogP contribution in [0.5, 0.6) is 0 Å². The molecule has 7 heteroatoms. The molecule has 2 N–H and O–H groups in total. The maximum atomic E-state index is 11.7. The molecule has 2 heterocycles. The summed E-state index contributed by atoms with van der Waals surface area (Å²) in [6.45, 7) is 10.7. The van der Waals surface area contributed by atoms with Gasteiger partial charge in [-0.2, -0.15) is 0 Å². The van der Waals surface area contributed by atoms with E-state index in [1.165, 1.54) is 31.1 Å². The number of rotatable bonds is 6. The monoisotopic (exact) mass is 429 g/mol. The van der Waals surface area contributed by atoms with E-state index in [4.69, 9.17) is 9.73 Å². The predicted molar refractivity (Wildman–Crippen MR) is 125 cm³/mol.